The number of anilines is 1. The lowest BCUT2D eigenvalue weighted by molar-refractivity contribution is -0.675. The van der Waals surface area contributed by atoms with Gasteiger partial charge in [-0.3, -0.25) is 9.59 Å². The molecule has 0 bridgehead atoms. The summed E-state index contributed by atoms with van der Waals surface area (Å²) in [6, 6.07) is 19.8. The van der Waals surface area contributed by atoms with Gasteiger partial charge in [0, 0.05) is 23.9 Å². The Hall–Kier alpha value is -2.96. The van der Waals surface area contributed by atoms with Crippen LogP contribution in [0.4, 0.5) is 5.69 Å². The fourth-order valence-electron chi connectivity index (χ4n) is 3.26. The molecular weight excluding hydrogens is 394 g/mol. The molecule has 2 aromatic carbocycles. The molecule has 6 heteroatoms. The Labute approximate surface area is 181 Å². The van der Waals surface area contributed by atoms with Gasteiger partial charge in [-0.2, -0.15) is 0 Å². The molecule has 0 aliphatic rings. The van der Waals surface area contributed by atoms with Crippen molar-refractivity contribution in [1.29, 1.82) is 0 Å². The number of nitrogens with one attached hydrogen (secondary N) is 2. The van der Waals surface area contributed by atoms with E-state index in [0.29, 0.717) is 23.7 Å². The van der Waals surface area contributed by atoms with E-state index in [1.54, 1.807) is 42.6 Å². The summed E-state index contributed by atoms with van der Waals surface area (Å²) >= 11 is 1.70. The summed E-state index contributed by atoms with van der Waals surface area (Å²) in [5.41, 5.74) is 3.73. The molecule has 4 N–H and O–H groups in total. The number of quaternary nitrogens is 1. The lowest BCUT2D eigenvalue weighted by Gasteiger charge is -2.16. The number of hydrogen-bond acceptors (Lipinski definition) is 3. The van der Waals surface area contributed by atoms with Gasteiger partial charge in [-0.05, 0) is 47.2 Å². The highest BCUT2D eigenvalue weighted by molar-refractivity contribution is 7.10. The molecule has 1 atom stereocenters. The summed E-state index contributed by atoms with van der Waals surface area (Å²) in [6.07, 6.45) is 0. The van der Waals surface area contributed by atoms with Crippen LogP contribution in [0.5, 0.6) is 0 Å². The smallest absolute Gasteiger partial charge is 0.279 e. The number of carbonyl (C=O) groups is 2. The maximum Gasteiger partial charge on any atom is 0.279 e. The topological polar surface area (TPSA) is 74.8 Å². The number of nitrogens with two attached hydrogens (primary N) is 1. The first-order valence-corrected chi connectivity index (χ1v) is 10.9. The highest BCUT2D eigenvalue weighted by Gasteiger charge is 2.20. The van der Waals surface area contributed by atoms with Gasteiger partial charge in [0.05, 0.1) is 4.88 Å². The molecule has 0 unspecified atom stereocenters. The second-order valence-electron chi connectivity index (χ2n) is 7.46. The lowest BCUT2D eigenvalue weighted by Crippen LogP contribution is -2.87. The van der Waals surface area contributed by atoms with Gasteiger partial charge in [0.25, 0.3) is 11.8 Å². The van der Waals surface area contributed by atoms with Crippen molar-refractivity contribution < 1.29 is 14.9 Å². The normalized spacial score (nSPS) is 11.9. The zero-order valence-corrected chi connectivity index (χ0v) is 18.3. The molecule has 2 amide bonds. The van der Waals surface area contributed by atoms with Crippen LogP contribution in [0.25, 0.3) is 0 Å². The minimum Gasteiger partial charge on any atom is -0.355 e. The molecule has 156 valence electrons. The van der Waals surface area contributed by atoms with Crippen molar-refractivity contribution in [2.45, 2.75) is 25.8 Å². The quantitative estimate of drug-likeness (QED) is 0.520. The van der Waals surface area contributed by atoms with Gasteiger partial charge < -0.3 is 16.0 Å². The van der Waals surface area contributed by atoms with E-state index in [1.165, 1.54) is 16.0 Å². The molecule has 3 aromatic rings. The van der Waals surface area contributed by atoms with Crippen molar-refractivity contribution in [3.8, 4) is 0 Å². The fraction of sp³-hybridized carbons (Fsp3) is 0.250. The minimum atomic E-state index is -0.150. The van der Waals surface area contributed by atoms with E-state index >= 15 is 0 Å². The number of thiophene rings is 1. The van der Waals surface area contributed by atoms with E-state index in [2.05, 4.69) is 65.5 Å². The number of benzene rings is 2. The molecule has 0 aliphatic heterocycles. The van der Waals surface area contributed by atoms with Crippen molar-refractivity contribution in [3.05, 3.63) is 87.6 Å². The first-order chi connectivity index (χ1) is 14.5. The van der Waals surface area contributed by atoms with Gasteiger partial charge in [-0.25, -0.2) is 0 Å². The fourth-order valence-corrected chi connectivity index (χ4v) is 4.11. The second-order valence-corrected chi connectivity index (χ2v) is 8.44. The van der Waals surface area contributed by atoms with E-state index < -0.39 is 0 Å². The summed E-state index contributed by atoms with van der Waals surface area (Å²) in [7, 11) is 1.59. The SMILES string of the molecule is CNC(=O)c1ccc(NC(=O)C[NH2+][C@@H](c2ccc(C(C)C)cc2)c2cccs2)cc1. The molecule has 1 aromatic heterocycles. The molecule has 0 saturated carbocycles. The summed E-state index contributed by atoms with van der Waals surface area (Å²) in [4.78, 5) is 25.4. The summed E-state index contributed by atoms with van der Waals surface area (Å²) in [5, 5.41) is 9.61. The van der Waals surface area contributed by atoms with Gasteiger partial charge in [-0.1, -0.05) is 44.2 Å². The predicted octanol–water partition coefficient (Wildman–Crippen LogP) is 3.52. The van der Waals surface area contributed by atoms with Crippen molar-refractivity contribution in [3.63, 3.8) is 0 Å². The summed E-state index contributed by atoms with van der Waals surface area (Å²) in [6.45, 7) is 4.67. The van der Waals surface area contributed by atoms with Crippen LogP contribution in [0.3, 0.4) is 0 Å². The first kappa shape index (κ1) is 21.7. The standard InChI is InChI=1S/C24H27N3O2S/c1-16(2)17-6-8-18(9-7-17)23(21-5-4-14-30-21)26-15-22(28)27-20-12-10-19(11-13-20)24(29)25-3/h4-14,16,23,26H,15H2,1-3H3,(H,25,29)(H,27,28)/p+1/t23-/m0/s1. The van der Waals surface area contributed by atoms with E-state index in [0.717, 1.165) is 0 Å². The van der Waals surface area contributed by atoms with Gasteiger partial charge in [0.15, 0.2) is 6.54 Å². The molecule has 0 spiro atoms. The van der Waals surface area contributed by atoms with Crippen molar-refractivity contribution in [1.82, 2.24) is 5.32 Å². The van der Waals surface area contributed by atoms with Crippen LogP contribution in [-0.4, -0.2) is 25.4 Å². The largest absolute Gasteiger partial charge is 0.355 e. The second kappa shape index (κ2) is 10.2. The van der Waals surface area contributed by atoms with Gasteiger partial charge in [0.2, 0.25) is 0 Å². The highest BCUT2D eigenvalue weighted by atomic mass is 32.1. The van der Waals surface area contributed by atoms with Crippen molar-refractivity contribution in [2.24, 2.45) is 0 Å². The molecule has 1 heterocycles. The van der Waals surface area contributed by atoms with Crippen LogP contribution in [-0.2, 0) is 4.79 Å². The van der Waals surface area contributed by atoms with Crippen LogP contribution in [0, 0.1) is 0 Å². The third kappa shape index (κ3) is 5.55. The van der Waals surface area contributed by atoms with Crippen LogP contribution in [0.1, 0.15) is 52.2 Å². The molecule has 5 nitrogen and oxygen atoms in total. The third-order valence-electron chi connectivity index (χ3n) is 5.01. The Bertz CT molecular complexity index is 965. The summed E-state index contributed by atoms with van der Waals surface area (Å²) < 4.78 is 0. The molecular formula is C24H28N3O2S+. The molecule has 0 saturated heterocycles. The van der Waals surface area contributed by atoms with Gasteiger partial charge >= 0.3 is 0 Å². The number of rotatable bonds is 8. The van der Waals surface area contributed by atoms with Crippen molar-refractivity contribution in [2.75, 3.05) is 18.9 Å². The Morgan fingerprint density at radius 1 is 0.967 bits per heavy atom. The molecule has 3 rings (SSSR count). The van der Waals surface area contributed by atoms with E-state index in [4.69, 9.17) is 0 Å². The molecule has 0 fully saturated rings. The number of amides is 2. The monoisotopic (exact) mass is 422 g/mol. The third-order valence-corrected chi connectivity index (χ3v) is 5.96. The van der Waals surface area contributed by atoms with Crippen LogP contribution in [0.15, 0.2) is 66.0 Å². The van der Waals surface area contributed by atoms with E-state index in [-0.39, 0.29) is 17.9 Å². The first-order valence-electron chi connectivity index (χ1n) is 10.1. The number of hydrogen-bond donors (Lipinski definition) is 3. The minimum absolute atomic E-state index is 0.0765. The Morgan fingerprint density at radius 3 is 2.20 bits per heavy atom. The zero-order valence-electron chi connectivity index (χ0n) is 17.5. The molecule has 30 heavy (non-hydrogen) atoms. The average molecular weight is 423 g/mol. The zero-order chi connectivity index (χ0) is 21.5. The Morgan fingerprint density at radius 2 is 1.63 bits per heavy atom. The van der Waals surface area contributed by atoms with Gasteiger partial charge in [0.1, 0.15) is 6.04 Å². The predicted molar refractivity (Wildman–Crippen MR) is 122 cm³/mol. The van der Waals surface area contributed by atoms with Crippen LogP contribution < -0.4 is 16.0 Å². The highest BCUT2D eigenvalue weighted by Crippen LogP contribution is 2.24. The Kier molecular flexibility index (Phi) is 7.38. The van der Waals surface area contributed by atoms with E-state index in [9.17, 15) is 9.59 Å². The van der Waals surface area contributed by atoms with Crippen LogP contribution >= 0.6 is 11.3 Å². The maximum absolute atomic E-state index is 12.5. The van der Waals surface area contributed by atoms with Crippen molar-refractivity contribution >= 4 is 28.8 Å². The Balaban J connectivity index is 1.65. The summed E-state index contributed by atoms with van der Waals surface area (Å²) in [5.74, 6) is 0.260. The average Bonchev–Trinajstić information content (AvgIpc) is 3.29. The molecule has 0 aliphatic carbocycles. The number of carbonyl (C=O) groups excluding carboxylic acids is 2. The van der Waals surface area contributed by atoms with Crippen LogP contribution in [0.2, 0.25) is 0 Å². The van der Waals surface area contributed by atoms with E-state index in [1.807, 2.05) is 6.07 Å². The van der Waals surface area contributed by atoms with Gasteiger partial charge in [-0.15, -0.1) is 11.3 Å². The maximum atomic E-state index is 12.5. The molecule has 0 radical (unpaired) electrons. The lowest BCUT2D eigenvalue weighted by atomic mass is 9.98.